The number of para-hydroxylation sites is 1. The van der Waals surface area contributed by atoms with E-state index in [1.807, 2.05) is 22.6 Å². The fourth-order valence-electron chi connectivity index (χ4n) is 2.68. The Labute approximate surface area is 216 Å². The summed E-state index contributed by atoms with van der Waals surface area (Å²) >= 11 is 5.30. The topological polar surface area (TPSA) is 139 Å². The molecule has 3 aromatic carbocycles. The summed E-state index contributed by atoms with van der Waals surface area (Å²) in [7, 11) is -4.46. The van der Waals surface area contributed by atoms with Gasteiger partial charge in [0.25, 0.3) is 11.6 Å². The number of hydrogen-bond acceptors (Lipinski definition) is 7. The molecule has 3 rings (SSSR count). The lowest BCUT2D eigenvalue weighted by molar-refractivity contribution is -0.385. The second-order valence-corrected chi connectivity index (χ2v) is 10.2. The van der Waals surface area contributed by atoms with Crippen LogP contribution in [0.15, 0.2) is 81.7 Å². The van der Waals surface area contributed by atoms with Crippen molar-refractivity contribution in [1.29, 1.82) is 5.26 Å². The van der Waals surface area contributed by atoms with E-state index in [2.05, 4.69) is 21.2 Å². The molecule has 12 heteroatoms. The molecular formula is C22H13BrIN3O6S. The van der Waals surface area contributed by atoms with Gasteiger partial charge in [0.2, 0.25) is 0 Å². The van der Waals surface area contributed by atoms with Crippen molar-refractivity contribution >= 4 is 72.0 Å². The molecule has 34 heavy (non-hydrogen) atoms. The van der Waals surface area contributed by atoms with E-state index in [1.165, 1.54) is 30.3 Å². The normalized spacial score (nSPS) is 11.4. The quantitative estimate of drug-likeness (QED) is 0.0914. The number of nitro groups is 1. The Bertz CT molecular complexity index is 1470. The second kappa shape index (κ2) is 10.8. The lowest BCUT2D eigenvalue weighted by Crippen LogP contribution is -2.14. The van der Waals surface area contributed by atoms with Crippen LogP contribution in [0.5, 0.6) is 5.75 Å². The van der Waals surface area contributed by atoms with E-state index in [-0.39, 0.29) is 16.9 Å². The molecule has 0 atom stereocenters. The maximum absolute atomic E-state index is 12.8. The van der Waals surface area contributed by atoms with Crippen LogP contribution in [0.1, 0.15) is 5.56 Å². The molecule has 1 amide bonds. The van der Waals surface area contributed by atoms with Crippen LogP contribution in [0.25, 0.3) is 6.08 Å². The number of hydrogen-bond donors (Lipinski definition) is 1. The van der Waals surface area contributed by atoms with Gasteiger partial charge in [-0.3, -0.25) is 14.9 Å². The van der Waals surface area contributed by atoms with E-state index in [4.69, 9.17) is 4.18 Å². The molecule has 0 unspecified atom stereocenters. The van der Waals surface area contributed by atoms with Crippen molar-refractivity contribution < 1.29 is 22.3 Å². The largest absolute Gasteiger partial charge is 0.378 e. The summed E-state index contributed by atoms with van der Waals surface area (Å²) in [5.41, 5.74) is -0.0824. The van der Waals surface area contributed by atoms with Crippen LogP contribution in [0.4, 0.5) is 11.4 Å². The Hall–Kier alpha value is -3.28. The van der Waals surface area contributed by atoms with Gasteiger partial charge in [-0.1, -0.05) is 34.1 Å². The lowest BCUT2D eigenvalue weighted by atomic mass is 10.1. The third kappa shape index (κ3) is 6.19. The molecule has 0 aliphatic heterocycles. The average Bonchev–Trinajstić information content (AvgIpc) is 2.80. The van der Waals surface area contributed by atoms with Crippen molar-refractivity contribution in [3.8, 4) is 11.8 Å². The Morgan fingerprint density at radius 3 is 2.56 bits per heavy atom. The van der Waals surface area contributed by atoms with E-state index >= 15 is 0 Å². The minimum atomic E-state index is -4.46. The van der Waals surface area contributed by atoms with E-state index < -0.39 is 31.5 Å². The molecule has 0 radical (unpaired) electrons. The predicted molar refractivity (Wildman–Crippen MR) is 136 cm³/mol. The summed E-state index contributed by atoms with van der Waals surface area (Å²) in [6.45, 7) is 0. The van der Waals surface area contributed by atoms with E-state index in [1.54, 1.807) is 30.3 Å². The molecular weight excluding hydrogens is 641 g/mol. The molecule has 0 aromatic heterocycles. The molecule has 0 heterocycles. The molecule has 0 fully saturated rings. The number of amides is 1. The van der Waals surface area contributed by atoms with Crippen molar-refractivity contribution in [1.82, 2.24) is 0 Å². The molecule has 0 saturated carbocycles. The highest BCUT2D eigenvalue weighted by molar-refractivity contribution is 14.1. The van der Waals surface area contributed by atoms with Crippen LogP contribution >= 0.6 is 38.5 Å². The summed E-state index contributed by atoms with van der Waals surface area (Å²) in [5, 5.41) is 23.2. The van der Waals surface area contributed by atoms with Gasteiger partial charge in [-0.25, -0.2) is 0 Å². The van der Waals surface area contributed by atoms with E-state index in [9.17, 15) is 28.6 Å². The van der Waals surface area contributed by atoms with Crippen molar-refractivity contribution in [2.75, 3.05) is 5.32 Å². The lowest BCUT2D eigenvalue weighted by Gasteiger charge is -2.11. The summed E-state index contributed by atoms with van der Waals surface area (Å²) in [6.07, 6.45) is 1.19. The van der Waals surface area contributed by atoms with Crippen LogP contribution in [-0.4, -0.2) is 19.2 Å². The standard InChI is InChI=1S/C22H13BrIN3O6S/c23-16-8-9-21(33-34(31,32)18-5-3-4-17(12-18)27(29)30)14(11-16)10-15(13-25)22(28)26-20-7-2-1-6-19(20)24/h1-12H,(H,26,28)/b15-10-. The molecule has 0 saturated heterocycles. The molecule has 0 aliphatic rings. The number of carbonyl (C=O) groups excluding carboxylic acids is 1. The minimum Gasteiger partial charge on any atom is -0.378 e. The Morgan fingerprint density at radius 2 is 1.88 bits per heavy atom. The molecule has 3 aromatic rings. The molecule has 0 bridgehead atoms. The van der Waals surface area contributed by atoms with Crippen molar-refractivity contribution in [2.45, 2.75) is 4.90 Å². The van der Waals surface area contributed by atoms with Gasteiger partial charge in [0.15, 0.2) is 0 Å². The summed E-state index contributed by atoms with van der Waals surface area (Å²) in [4.78, 5) is 22.5. The zero-order chi connectivity index (χ0) is 24.9. The maximum atomic E-state index is 12.8. The highest BCUT2D eigenvalue weighted by Gasteiger charge is 2.22. The fourth-order valence-corrected chi connectivity index (χ4v) is 4.58. The van der Waals surface area contributed by atoms with Gasteiger partial charge in [0.1, 0.15) is 22.3 Å². The SMILES string of the molecule is N#C/C(=C/c1cc(Br)ccc1OS(=O)(=O)c1cccc([N+](=O)[O-])c1)C(=O)Nc1ccccc1I. The van der Waals surface area contributed by atoms with Gasteiger partial charge < -0.3 is 9.50 Å². The van der Waals surface area contributed by atoms with Crippen LogP contribution in [-0.2, 0) is 14.9 Å². The third-order valence-corrected chi connectivity index (χ3v) is 6.94. The zero-order valence-corrected chi connectivity index (χ0v) is 21.5. The third-order valence-electron chi connectivity index (χ3n) is 4.28. The maximum Gasteiger partial charge on any atom is 0.339 e. The van der Waals surface area contributed by atoms with Crippen molar-refractivity contribution in [3.63, 3.8) is 0 Å². The first-order chi connectivity index (χ1) is 16.1. The first kappa shape index (κ1) is 25.3. The highest BCUT2D eigenvalue weighted by atomic mass is 127. The van der Waals surface area contributed by atoms with Gasteiger partial charge in [-0.05, 0) is 65.1 Å². The van der Waals surface area contributed by atoms with Crippen LogP contribution < -0.4 is 9.50 Å². The van der Waals surface area contributed by atoms with Gasteiger partial charge >= 0.3 is 10.1 Å². The molecule has 0 spiro atoms. The highest BCUT2D eigenvalue weighted by Crippen LogP contribution is 2.29. The molecule has 172 valence electrons. The number of halogens is 2. The predicted octanol–water partition coefficient (Wildman–Crippen LogP) is 5.28. The second-order valence-electron chi connectivity index (χ2n) is 6.58. The summed E-state index contributed by atoms with van der Waals surface area (Å²) < 4.78 is 32.0. The van der Waals surface area contributed by atoms with Crippen LogP contribution in [0.3, 0.4) is 0 Å². The monoisotopic (exact) mass is 653 g/mol. The van der Waals surface area contributed by atoms with Crippen LogP contribution in [0, 0.1) is 25.0 Å². The van der Waals surface area contributed by atoms with Crippen LogP contribution in [0.2, 0.25) is 0 Å². The van der Waals surface area contributed by atoms with Crippen molar-refractivity contribution in [2.24, 2.45) is 0 Å². The number of nitrogens with one attached hydrogen (secondary N) is 1. The van der Waals surface area contributed by atoms with E-state index in [0.29, 0.717) is 10.2 Å². The Morgan fingerprint density at radius 1 is 1.15 bits per heavy atom. The number of nitro benzene ring substituents is 1. The average molecular weight is 654 g/mol. The first-order valence-electron chi connectivity index (χ1n) is 9.27. The summed E-state index contributed by atoms with van der Waals surface area (Å²) in [5.74, 6) is -0.872. The molecule has 0 aliphatic carbocycles. The number of anilines is 1. The van der Waals surface area contributed by atoms with Gasteiger partial charge in [0, 0.05) is 25.7 Å². The Balaban J connectivity index is 1.97. The number of non-ortho nitro benzene ring substituents is 1. The number of nitriles is 1. The fraction of sp³-hybridized carbons (Fsp3) is 0. The number of nitrogens with zero attached hydrogens (tertiary/aromatic N) is 2. The number of carbonyl (C=O) groups is 1. The summed E-state index contributed by atoms with van der Waals surface area (Å²) in [6, 6.07) is 17.5. The number of rotatable bonds is 7. The smallest absolute Gasteiger partial charge is 0.339 e. The van der Waals surface area contributed by atoms with Gasteiger partial charge in [-0.2, -0.15) is 13.7 Å². The molecule has 9 nitrogen and oxygen atoms in total. The molecule has 1 N–H and O–H groups in total. The number of benzene rings is 3. The minimum absolute atomic E-state index is 0.123. The zero-order valence-electron chi connectivity index (χ0n) is 16.9. The van der Waals surface area contributed by atoms with Gasteiger partial charge in [0.05, 0.1) is 10.6 Å². The van der Waals surface area contributed by atoms with E-state index in [0.717, 1.165) is 21.8 Å². The Kier molecular flexibility index (Phi) is 8.02. The van der Waals surface area contributed by atoms with Crippen molar-refractivity contribution in [3.05, 3.63) is 96.0 Å². The first-order valence-corrected chi connectivity index (χ1v) is 12.5. The van der Waals surface area contributed by atoms with Gasteiger partial charge in [-0.15, -0.1) is 0 Å².